The van der Waals surface area contributed by atoms with Crippen LogP contribution in [0.3, 0.4) is 0 Å². The highest BCUT2D eigenvalue weighted by Crippen LogP contribution is 2.39. The maximum atomic E-state index is 12.4. The van der Waals surface area contributed by atoms with Gasteiger partial charge in [0.1, 0.15) is 6.23 Å². The van der Waals surface area contributed by atoms with Gasteiger partial charge in [-0.3, -0.25) is 9.78 Å². The molecule has 26 heavy (non-hydrogen) atoms. The molecule has 3 atom stereocenters. The lowest BCUT2D eigenvalue weighted by Crippen LogP contribution is -2.62. The van der Waals surface area contributed by atoms with Gasteiger partial charge >= 0.3 is 0 Å². The van der Waals surface area contributed by atoms with Gasteiger partial charge in [-0.2, -0.15) is 0 Å². The first kappa shape index (κ1) is 21.2. The molecule has 144 valence electrons. The van der Waals surface area contributed by atoms with E-state index in [9.17, 15) is 4.79 Å². The number of aryl methyl sites for hydroxylation is 1. The fourth-order valence-electron chi connectivity index (χ4n) is 3.14. The average Bonchev–Trinajstić information content (AvgIpc) is 2.49. The molecule has 2 rings (SSSR count). The van der Waals surface area contributed by atoms with Crippen molar-refractivity contribution in [2.75, 3.05) is 0 Å². The van der Waals surface area contributed by atoms with Crippen molar-refractivity contribution in [3.05, 3.63) is 29.6 Å². The van der Waals surface area contributed by atoms with Gasteiger partial charge in [0.15, 0.2) is 8.32 Å². The molecular formula is C20H32N2O2SSi. The molecule has 1 aromatic rings. The minimum atomic E-state index is -1.95. The van der Waals surface area contributed by atoms with Crippen molar-refractivity contribution >= 4 is 31.3 Å². The third-order valence-corrected chi connectivity index (χ3v) is 11.0. The lowest BCUT2D eigenvalue weighted by atomic mass is 9.85. The number of nitrogens with zero attached hydrogens (tertiary/aromatic N) is 2. The Morgan fingerprint density at radius 1 is 1.38 bits per heavy atom. The van der Waals surface area contributed by atoms with Gasteiger partial charge in [-0.1, -0.05) is 46.0 Å². The molecule has 1 saturated heterocycles. The van der Waals surface area contributed by atoms with E-state index in [2.05, 4.69) is 45.8 Å². The number of hydrogen-bond donors (Lipinski definition) is 0. The van der Waals surface area contributed by atoms with E-state index in [1.165, 1.54) is 0 Å². The number of aromatic nitrogens is 1. The van der Waals surface area contributed by atoms with E-state index in [0.29, 0.717) is 6.42 Å². The third-order valence-electron chi connectivity index (χ3n) is 5.93. The van der Waals surface area contributed by atoms with Crippen molar-refractivity contribution in [1.29, 1.82) is 0 Å². The molecule has 0 radical (unpaired) electrons. The zero-order chi connectivity index (χ0) is 19.9. The van der Waals surface area contributed by atoms with Crippen molar-refractivity contribution in [1.82, 2.24) is 9.88 Å². The normalized spacial score (nSPS) is 20.5. The SMILES string of the molecule is Cc1cccnc1C(=S)[C@H](C)C1CC(=O)N1C(C)O[Si](C)(C)C(C)(C)C. The summed E-state index contributed by atoms with van der Waals surface area (Å²) in [6, 6.07) is 4.02. The molecule has 6 heteroatoms. The zero-order valence-corrected chi connectivity index (χ0v) is 19.1. The summed E-state index contributed by atoms with van der Waals surface area (Å²) in [5, 5.41) is 0.108. The Hall–Kier alpha value is -1.11. The Kier molecular flexibility index (Phi) is 6.10. The van der Waals surface area contributed by atoms with Crippen LogP contribution in [0.25, 0.3) is 0 Å². The van der Waals surface area contributed by atoms with Gasteiger partial charge in [-0.15, -0.1) is 0 Å². The second-order valence-electron chi connectivity index (χ2n) is 8.87. The molecule has 0 N–H and O–H groups in total. The van der Waals surface area contributed by atoms with Crippen LogP contribution in [-0.4, -0.2) is 41.2 Å². The number of β-lactam (4-membered cyclic amide) rings is 1. The first-order valence-corrected chi connectivity index (χ1v) is 12.6. The van der Waals surface area contributed by atoms with Crippen molar-refractivity contribution < 1.29 is 9.22 Å². The van der Waals surface area contributed by atoms with Crippen LogP contribution < -0.4 is 0 Å². The predicted molar refractivity (Wildman–Crippen MR) is 113 cm³/mol. The predicted octanol–water partition coefficient (Wildman–Crippen LogP) is 4.71. The first-order valence-electron chi connectivity index (χ1n) is 9.31. The number of amides is 1. The molecule has 2 unspecified atom stereocenters. The van der Waals surface area contributed by atoms with Crippen LogP contribution in [0.2, 0.25) is 18.1 Å². The summed E-state index contributed by atoms with van der Waals surface area (Å²) in [5.74, 6) is 0.218. The summed E-state index contributed by atoms with van der Waals surface area (Å²) >= 11 is 5.72. The smallest absolute Gasteiger partial charge is 0.226 e. The molecule has 0 bridgehead atoms. The van der Waals surface area contributed by atoms with Crippen LogP contribution in [0.15, 0.2) is 18.3 Å². The highest BCUT2D eigenvalue weighted by atomic mass is 32.1. The van der Waals surface area contributed by atoms with Gasteiger partial charge in [0, 0.05) is 23.4 Å². The van der Waals surface area contributed by atoms with E-state index in [4.69, 9.17) is 16.6 Å². The summed E-state index contributed by atoms with van der Waals surface area (Å²) in [6.07, 6.45) is 2.07. The highest BCUT2D eigenvalue weighted by Gasteiger charge is 2.47. The van der Waals surface area contributed by atoms with Crippen LogP contribution in [0.4, 0.5) is 0 Å². The Labute approximate surface area is 164 Å². The van der Waals surface area contributed by atoms with E-state index in [-0.39, 0.29) is 29.1 Å². The number of pyridine rings is 1. The quantitative estimate of drug-likeness (QED) is 0.304. The second kappa shape index (κ2) is 7.48. The van der Waals surface area contributed by atoms with Gasteiger partial charge in [0.25, 0.3) is 0 Å². The maximum absolute atomic E-state index is 12.4. The number of hydrogen-bond acceptors (Lipinski definition) is 4. The van der Waals surface area contributed by atoms with E-state index >= 15 is 0 Å². The molecule has 0 saturated carbocycles. The van der Waals surface area contributed by atoms with Crippen LogP contribution in [-0.2, 0) is 9.22 Å². The van der Waals surface area contributed by atoms with E-state index in [1.54, 1.807) is 6.20 Å². The molecule has 0 aromatic carbocycles. The summed E-state index contributed by atoms with van der Waals surface area (Å²) in [5.41, 5.74) is 1.94. The number of carbonyl (C=O) groups is 1. The molecular weight excluding hydrogens is 360 g/mol. The monoisotopic (exact) mass is 392 g/mol. The standard InChI is InChI=1S/C20H32N2O2SSi/c1-13-10-9-11-21-18(13)19(25)14(2)16-12-17(23)22(16)15(3)24-26(7,8)20(4,5)6/h9-11,14-16H,12H2,1-8H3/t14-,15?,16?/m1/s1. The molecule has 1 aliphatic heterocycles. The van der Waals surface area contributed by atoms with Gasteiger partial charge in [0.2, 0.25) is 5.91 Å². The highest BCUT2D eigenvalue weighted by molar-refractivity contribution is 7.80. The fourth-order valence-corrected chi connectivity index (χ4v) is 4.83. The largest absolute Gasteiger partial charge is 0.397 e. The van der Waals surface area contributed by atoms with Crippen LogP contribution >= 0.6 is 12.2 Å². The summed E-state index contributed by atoms with van der Waals surface area (Å²) in [4.78, 5) is 19.5. The summed E-state index contributed by atoms with van der Waals surface area (Å²) in [7, 11) is -1.95. The number of rotatable bonds is 6. The van der Waals surface area contributed by atoms with Crippen molar-refractivity contribution in [3.8, 4) is 0 Å². The van der Waals surface area contributed by atoms with Gasteiger partial charge < -0.3 is 9.33 Å². The average molecular weight is 393 g/mol. The lowest BCUT2D eigenvalue weighted by Gasteiger charge is -2.50. The van der Waals surface area contributed by atoms with Crippen LogP contribution in [0.1, 0.15) is 52.3 Å². The van der Waals surface area contributed by atoms with Crippen LogP contribution in [0.5, 0.6) is 0 Å². The molecule has 1 aromatic heterocycles. The van der Waals surface area contributed by atoms with Gasteiger partial charge in [-0.25, -0.2) is 0 Å². The van der Waals surface area contributed by atoms with E-state index < -0.39 is 8.32 Å². The Morgan fingerprint density at radius 3 is 2.50 bits per heavy atom. The first-order chi connectivity index (χ1) is 11.9. The molecule has 4 nitrogen and oxygen atoms in total. The molecule has 2 heterocycles. The molecule has 1 aliphatic rings. The molecule has 0 spiro atoms. The lowest BCUT2D eigenvalue weighted by molar-refractivity contribution is -0.161. The van der Waals surface area contributed by atoms with Crippen molar-refractivity contribution in [3.63, 3.8) is 0 Å². The summed E-state index contributed by atoms with van der Waals surface area (Å²) < 4.78 is 6.45. The third kappa shape index (κ3) is 4.07. The minimum absolute atomic E-state index is 0.0711. The fraction of sp³-hybridized carbons (Fsp3) is 0.650. The van der Waals surface area contributed by atoms with E-state index in [1.807, 2.05) is 30.9 Å². The van der Waals surface area contributed by atoms with Gasteiger partial charge in [0.05, 0.1) is 11.7 Å². The Balaban J connectivity index is 2.14. The topological polar surface area (TPSA) is 42.4 Å². The van der Waals surface area contributed by atoms with Gasteiger partial charge in [-0.05, 0) is 43.6 Å². The van der Waals surface area contributed by atoms with Crippen molar-refractivity contribution in [2.45, 2.75) is 78.4 Å². The number of thiocarbonyl (C=S) groups is 1. The molecule has 1 fully saturated rings. The molecule has 1 amide bonds. The second-order valence-corrected chi connectivity index (χ2v) is 14.1. The Bertz CT molecular complexity index is 699. The Morgan fingerprint density at radius 2 is 2.00 bits per heavy atom. The molecule has 0 aliphatic carbocycles. The zero-order valence-electron chi connectivity index (χ0n) is 17.3. The minimum Gasteiger partial charge on any atom is -0.397 e. The number of likely N-dealkylation sites (tertiary alicyclic amines) is 1. The van der Waals surface area contributed by atoms with Crippen LogP contribution in [0, 0.1) is 12.8 Å². The van der Waals surface area contributed by atoms with E-state index in [0.717, 1.165) is 16.1 Å². The summed E-state index contributed by atoms with van der Waals surface area (Å²) in [6.45, 7) is 17.2. The van der Waals surface area contributed by atoms with Crippen molar-refractivity contribution in [2.24, 2.45) is 5.92 Å². The maximum Gasteiger partial charge on any atom is 0.226 e. The number of carbonyl (C=O) groups excluding carboxylic acids is 1.